The molecule has 35 heavy (non-hydrogen) atoms. The minimum Gasteiger partial charge on any atom is -0.477 e. The van der Waals surface area contributed by atoms with Gasteiger partial charge in [-0.1, -0.05) is 29.3 Å². The Bertz CT molecular complexity index is 1240. The summed E-state index contributed by atoms with van der Waals surface area (Å²) in [6.07, 6.45) is 6.82. The fraction of sp³-hybridized carbons (Fsp3) is 0.227. The smallest absolute Gasteiger partial charge is 0.352 e. The second kappa shape index (κ2) is 10.9. The number of aliphatic carboxylic acids is 1. The number of allylic oxidation sites excluding steroid dienone is 2. The monoisotopic (exact) mass is 552 g/mol. The number of halogens is 2. The first-order valence-electron chi connectivity index (χ1n) is 10.3. The highest BCUT2D eigenvalue weighted by Crippen LogP contribution is 2.40. The van der Waals surface area contributed by atoms with Crippen LogP contribution in [0, 0.1) is 0 Å². The summed E-state index contributed by atoms with van der Waals surface area (Å²) in [5.74, 6) is -1.18. The van der Waals surface area contributed by atoms with Gasteiger partial charge in [-0.3, -0.25) is 14.5 Å². The number of amides is 2. The van der Waals surface area contributed by atoms with E-state index >= 15 is 0 Å². The number of nitrogens with one attached hydrogen (secondary N) is 1. The maximum Gasteiger partial charge on any atom is 0.352 e. The predicted molar refractivity (Wildman–Crippen MR) is 135 cm³/mol. The van der Waals surface area contributed by atoms with Crippen LogP contribution >= 0.6 is 46.7 Å². The van der Waals surface area contributed by atoms with Crippen molar-refractivity contribution in [2.75, 3.05) is 17.2 Å². The zero-order chi connectivity index (χ0) is 25.1. The second-order valence-corrected chi connectivity index (χ2v) is 10.5. The molecule has 9 nitrogen and oxygen atoms in total. The molecule has 1 aromatic heterocycles. The fourth-order valence-corrected chi connectivity index (χ4v) is 6.16. The van der Waals surface area contributed by atoms with E-state index in [-0.39, 0.29) is 17.4 Å². The van der Waals surface area contributed by atoms with Crippen LogP contribution in [-0.2, 0) is 20.9 Å². The highest BCUT2D eigenvalue weighted by molar-refractivity contribution is 8.00. The third-order valence-electron chi connectivity index (χ3n) is 5.20. The maximum absolute atomic E-state index is 12.8. The van der Waals surface area contributed by atoms with E-state index in [0.29, 0.717) is 38.6 Å². The third kappa shape index (κ3) is 5.75. The third-order valence-corrected chi connectivity index (χ3v) is 8.23. The van der Waals surface area contributed by atoms with E-state index in [0.717, 1.165) is 0 Å². The number of nitrogens with two attached hydrogens (primary N) is 1. The number of carbonyl (C=O) groups is 3. The van der Waals surface area contributed by atoms with Gasteiger partial charge in [-0.15, -0.1) is 23.5 Å². The van der Waals surface area contributed by atoms with Crippen molar-refractivity contribution in [2.24, 2.45) is 0 Å². The van der Waals surface area contributed by atoms with Crippen LogP contribution in [0.3, 0.4) is 0 Å². The minimum atomic E-state index is -1.19. The first-order valence-corrected chi connectivity index (χ1v) is 13.1. The summed E-state index contributed by atoms with van der Waals surface area (Å²) in [6, 6.07) is 5.83. The van der Waals surface area contributed by atoms with Crippen LogP contribution in [0.2, 0.25) is 10.0 Å². The number of hydrogen-bond donors (Lipinski definition) is 3. The lowest BCUT2D eigenvalue weighted by Gasteiger charge is -2.49. The number of aromatic nitrogens is 2. The van der Waals surface area contributed by atoms with E-state index in [1.807, 2.05) is 0 Å². The van der Waals surface area contributed by atoms with Gasteiger partial charge in [0.15, 0.2) is 0 Å². The normalized spacial score (nSPS) is 19.5. The average molecular weight is 553 g/mol. The Morgan fingerprint density at radius 2 is 2.17 bits per heavy atom. The molecule has 0 bridgehead atoms. The summed E-state index contributed by atoms with van der Waals surface area (Å²) < 4.78 is 1.78. The van der Waals surface area contributed by atoms with E-state index in [4.69, 9.17) is 28.9 Å². The lowest BCUT2D eigenvalue weighted by atomic mass is 10.0. The Hall–Kier alpha value is -2.73. The number of rotatable bonds is 8. The Balaban J connectivity index is 1.39. The number of thioether (sulfide) groups is 2. The molecular weight excluding hydrogens is 533 g/mol. The van der Waals surface area contributed by atoms with Crippen LogP contribution < -0.4 is 15.6 Å². The molecule has 1 saturated heterocycles. The van der Waals surface area contributed by atoms with Crippen molar-refractivity contribution in [1.29, 1.82) is 0 Å². The summed E-state index contributed by atoms with van der Waals surface area (Å²) >= 11 is 14.7. The Labute approximate surface area is 219 Å². The number of benzene rings is 1. The molecule has 182 valence electrons. The molecular formula is C22H20Cl2N5O4S2+. The van der Waals surface area contributed by atoms with E-state index in [1.54, 1.807) is 53.5 Å². The van der Waals surface area contributed by atoms with Crippen molar-refractivity contribution in [3.05, 3.63) is 70.3 Å². The Kier molecular flexibility index (Phi) is 7.90. The van der Waals surface area contributed by atoms with Gasteiger partial charge < -0.3 is 16.2 Å². The molecule has 1 aromatic carbocycles. The number of carboxylic acids is 1. The van der Waals surface area contributed by atoms with Crippen molar-refractivity contribution in [2.45, 2.75) is 22.9 Å². The van der Waals surface area contributed by atoms with Crippen molar-refractivity contribution in [3.8, 4) is 0 Å². The molecule has 2 atom stereocenters. The van der Waals surface area contributed by atoms with Gasteiger partial charge in [-0.25, -0.2) is 9.36 Å². The van der Waals surface area contributed by atoms with Crippen LogP contribution in [-0.4, -0.2) is 55.7 Å². The zero-order valence-corrected chi connectivity index (χ0v) is 21.2. The first-order chi connectivity index (χ1) is 16.7. The molecule has 2 aliphatic heterocycles. The molecule has 0 aliphatic carbocycles. The van der Waals surface area contributed by atoms with Crippen molar-refractivity contribution in [3.63, 3.8) is 0 Å². The number of fused-ring (bicyclic) bond motifs is 1. The molecule has 0 saturated carbocycles. The van der Waals surface area contributed by atoms with Crippen LogP contribution in [0.1, 0.15) is 0 Å². The summed E-state index contributed by atoms with van der Waals surface area (Å²) in [7, 11) is 0. The predicted octanol–water partition coefficient (Wildman–Crippen LogP) is 2.35. The zero-order valence-electron chi connectivity index (χ0n) is 18.1. The second-order valence-electron chi connectivity index (χ2n) is 7.58. The number of nitrogen functional groups attached to an aromatic ring is 1. The van der Waals surface area contributed by atoms with Gasteiger partial charge in [0.1, 0.15) is 23.7 Å². The largest absolute Gasteiger partial charge is 0.477 e. The van der Waals surface area contributed by atoms with Gasteiger partial charge in [0.2, 0.25) is 11.7 Å². The lowest BCUT2D eigenvalue weighted by molar-refractivity contribution is -0.689. The topological polar surface area (TPSA) is 130 Å². The molecule has 3 heterocycles. The van der Waals surface area contributed by atoms with Gasteiger partial charge in [0, 0.05) is 21.7 Å². The molecule has 2 aliphatic rings. The summed E-state index contributed by atoms with van der Waals surface area (Å²) in [4.78, 5) is 43.1. The number of hydrogen-bond acceptors (Lipinski definition) is 7. The van der Waals surface area contributed by atoms with Crippen molar-refractivity contribution >= 4 is 70.3 Å². The SMILES string of the molecule is Nc1cc[n+](C/C=C/C2=C(C(=O)O)N3C(=O)[C@@H](NC(=O)CSc4cc(Cl)ccc4Cl)C3SC2)cn1. The van der Waals surface area contributed by atoms with Gasteiger partial charge in [0.05, 0.1) is 17.0 Å². The van der Waals surface area contributed by atoms with Gasteiger partial charge in [-0.2, -0.15) is 0 Å². The van der Waals surface area contributed by atoms with E-state index in [1.165, 1.54) is 28.4 Å². The minimum absolute atomic E-state index is 0.0362. The highest BCUT2D eigenvalue weighted by Gasteiger charge is 2.53. The van der Waals surface area contributed by atoms with Crippen LogP contribution in [0.15, 0.2) is 65.1 Å². The molecule has 0 radical (unpaired) electrons. The summed E-state index contributed by atoms with van der Waals surface area (Å²) in [5.41, 5.74) is 6.03. The van der Waals surface area contributed by atoms with Crippen LogP contribution in [0.4, 0.5) is 5.82 Å². The lowest BCUT2D eigenvalue weighted by Crippen LogP contribution is -2.70. The molecule has 1 fully saturated rings. The van der Waals surface area contributed by atoms with Gasteiger partial charge in [0.25, 0.3) is 12.2 Å². The van der Waals surface area contributed by atoms with E-state index in [9.17, 15) is 19.5 Å². The number of anilines is 1. The molecule has 0 spiro atoms. The quantitative estimate of drug-likeness (QED) is 0.258. The maximum atomic E-state index is 12.8. The number of nitrogens with zero attached hydrogens (tertiary/aromatic N) is 3. The van der Waals surface area contributed by atoms with Crippen molar-refractivity contribution in [1.82, 2.24) is 15.2 Å². The number of β-lactam (4-membered cyclic amide) rings is 1. The van der Waals surface area contributed by atoms with E-state index in [2.05, 4.69) is 10.3 Å². The first kappa shape index (κ1) is 25.4. The molecule has 2 amide bonds. The number of carbonyl (C=O) groups excluding carboxylic acids is 2. The molecule has 2 aromatic rings. The van der Waals surface area contributed by atoms with Crippen LogP contribution in [0.5, 0.6) is 0 Å². The Morgan fingerprint density at radius 1 is 1.37 bits per heavy atom. The molecule has 1 unspecified atom stereocenters. The molecule has 4 N–H and O–H groups in total. The fourth-order valence-electron chi connectivity index (χ4n) is 3.54. The van der Waals surface area contributed by atoms with Crippen molar-refractivity contribution < 1.29 is 24.1 Å². The van der Waals surface area contributed by atoms with Gasteiger partial charge >= 0.3 is 5.97 Å². The van der Waals surface area contributed by atoms with E-state index < -0.39 is 23.3 Å². The average Bonchev–Trinajstić information content (AvgIpc) is 2.83. The standard InChI is InChI=1S/C22H19Cl2N5O4S2/c23-13-3-4-14(24)15(8-13)34-10-17(30)27-18-20(31)29-19(22(32)33)12(9-35-21(18)29)2-1-6-28-7-5-16(25)26-11-28/h1-5,7-8,11,18,21,25H,6,9-10H2,(H2,27,30,32,33)/p+1/b2-1+/t18-,21?/m1/s1. The Morgan fingerprint density at radius 3 is 2.89 bits per heavy atom. The number of carboxylic acid groups (broad SMARTS) is 1. The summed E-state index contributed by atoms with van der Waals surface area (Å²) in [6.45, 7) is 0.457. The highest BCUT2D eigenvalue weighted by atomic mass is 35.5. The molecule has 4 rings (SSSR count). The van der Waals surface area contributed by atoms with Crippen LogP contribution in [0.25, 0.3) is 0 Å². The summed E-state index contributed by atoms with van der Waals surface area (Å²) in [5, 5.41) is 13.0. The molecule has 13 heteroatoms. The van der Waals surface area contributed by atoms with Gasteiger partial charge in [-0.05, 0) is 34.8 Å².